The van der Waals surface area contributed by atoms with Gasteiger partial charge in [0.15, 0.2) is 6.10 Å². The van der Waals surface area contributed by atoms with E-state index in [9.17, 15) is 14.4 Å². The second-order valence-electron chi connectivity index (χ2n) is 13.9. The highest BCUT2D eigenvalue weighted by molar-refractivity contribution is 5.71. The zero-order valence-corrected chi connectivity index (χ0v) is 35.1. The predicted octanol–water partition coefficient (Wildman–Crippen LogP) is 13.9. The number of ether oxygens (including phenoxy) is 3. The van der Waals surface area contributed by atoms with Crippen molar-refractivity contribution in [1.29, 1.82) is 0 Å². The molecule has 310 valence electrons. The third-order valence-electron chi connectivity index (χ3n) is 8.65. The van der Waals surface area contributed by atoms with Gasteiger partial charge in [-0.25, -0.2) is 0 Å². The fourth-order valence-corrected chi connectivity index (χ4v) is 5.40. The Morgan fingerprint density at radius 3 is 1.40 bits per heavy atom. The van der Waals surface area contributed by atoms with Crippen LogP contribution in [0, 0.1) is 0 Å². The average molecular weight is 763 g/mol. The van der Waals surface area contributed by atoms with Crippen molar-refractivity contribution in [1.82, 2.24) is 0 Å². The zero-order valence-electron chi connectivity index (χ0n) is 35.1. The minimum absolute atomic E-state index is 0.112. The molecule has 0 aromatic carbocycles. The normalized spacial score (nSPS) is 13.0. The van der Waals surface area contributed by atoms with Crippen LogP contribution >= 0.6 is 0 Å². The lowest BCUT2D eigenvalue weighted by Gasteiger charge is -2.18. The van der Waals surface area contributed by atoms with Crippen LogP contribution in [0.25, 0.3) is 0 Å². The molecule has 0 amide bonds. The molecule has 0 aromatic heterocycles. The van der Waals surface area contributed by atoms with Gasteiger partial charge in [0.25, 0.3) is 0 Å². The van der Waals surface area contributed by atoms with E-state index in [-0.39, 0.29) is 37.5 Å². The van der Waals surface area contributed by atoms with Gasteiger partial charge in [0.05, 0.1) is 0 Å². The Balaban J connectivity index is 4.54. The summed E-state index contributed by atoms with van der Waals surface area (Å²) in [5, 5.41) is 0. The molecule has 0 radical (unpaired) electrons. The number of carbonyl (C=O) groups excluding carboxylic acids is 3. The van der Waals surface area contributed by atoms with Crippen molar-refractivity contribution < 1.29 is 28.6 Å². The maximum absolute atomic E-state index is 12.7. The van der Waals surface area contributed by atoms with E-state index in [1.165, 1.54) is 32.1 Å². The number of hydrogen-bond acceptors (Lipinski definition) is 6. The largest absolute Gasteiger partial charge is 0.462 e. The summed E-state index contributed by atoms with van der Waals surface area (Å²) in [6, 6.07) is 0. The monoisotopic (exact) mass is 763 g/mol. The van der Waals surface area contributed by atoms with Crippen LogP contribution in [0.5, 0.6) is 0 Å². The Morgan fingerprint density at radius 1 is 0.400 bits per heavy atom. The first kappa shape index (κ1) is 51.3. The summed E-state index contributed by atoms with van der Waals surface area (Å²) in [4.78, 5) is 37.7. The van der Waals surface area contributed by atoms with Gasteiger partial charge >= 0.3 is 17.9 Å². The minimum atomic E-state index is -0.815. The van der Waals surface area contributed by atoms with Crippen LogP contribution in [0.4, 0.5) is 0 Å². The van der Waals surface area contributed by atoms with Gasteiger partial charge in [-0.2, -0.15) is 0 Å². The molecule has 0 aliphatic carbocycles. The van der Waals surface area contributed by atoms with E-state index in [2.05, 4.69) is 81.5 Å². The molecule has 0 N–H and O–H groups in total. The summed E-state index contributed by atoms with van der Waals surface area (Å²) in [5.74, 6) is -1.01. The van der Waals surface area contributed by atoms with Crippen LogP contribution in [-0.2, 0) is 28.6 Å². The van der Waals surface area contributed by atoms with E-state index in [0.29, 0.717) is 19.3 Å². The molecule has 0 heterocycles. The van der Waals surface area contributed by atoms with Crippen molar-refractivity contribution in [2.24, 2.45) is 0 Å². The third-order valence-corrected chi connectivity index (χ3v) is 8.65. The van der Waals surface area contributed by atoms with E-state index in [1.54, 1.807) is 0 Å². The molecule has 1 atom stereocenters. The maximum Gasteiger partial charge on any atom is 0.306 e. The van der Waals surface area contributed by atoms with Crippen molar-refractivity contribution >= 4 is 17.9 Å². The molecular formula is C49H78O6. The molecule has 0 saturated heterocycles. The molecule has 1 unspecified atom stereocenters. The molecule has 0 aliphatic heterocycles. The molecule has 6 heteroatoms. The number of allylic oxidation sites excluding steroid dienone is 16. The summed E-state index contributed by atoms with van der Waals surface area (Å²) in [6.07, 6.45) is 55.4. The Kier molecular flexibility index (Phi) is 40.2. The minimum Gasteiger partial charge on any atom is -0.462 e. The Labute approximate surface area is 337 Å². The summed E-state index contributed by atoms with van der Waals surface area (Å²) in [6.45, 7) is 6.24. The van der Waals surface area contributed by atoms with E-state index in [4.69, 9.17) is 14.2 Å². The lowest BCUT2D eigenvalue weighted by Crippen LogP contribution is -2.30. The first-order chi connectivity index (χ1) is 27.0. The number of carbonyl (C=O) groups is 3. The summed E-state index contributed by atoms with van der Waals surface area (Å²) >= 11 is 0. The van der Waals surface area contributed by atoms with E-state index in [0.717, 1.165) is 96.3 Å². The standard InChI is InChI=1S/C49H78O6/c1-4-7-10-13-16-19-22-25-28-30-33-36-39-42-48(51)54-45-46(55-49(52)43-40-37-34-31-27-24-21-18-15-12-9-6-3)44-53-47(50)41-38-35-32-29-26-23-20-17-14-11-8-5-2/h7,9-10,12-13,16-22,25,27-28,31,46H,4-6,8,11,14-15,23-24,26,29-30,32-45H2,1-3H3/b10-7-,12-9-,16-13-,20-17-,21-18-,22-19-,28-25-,31-27-. The number of unbranched alkanes of at least 4 members (excludes halogenated alkanes) is 13. The molecule has 0 fully saturated rings. The first-order valence-corrected chi connectivity index (χ1v) is 21.8. The lowest BCUT2D eigenvalue weighted by molar-refractivity contribution is -0.167. The number of rotatable bonds is 37. The second kappa shape index (κ2) is 43.1. The highest BCUT2D eigenvalue weighted by Gasteiger charge is 2.19. The molecule has 6 nitrogen and oxygen atoms in total. The smallest absolute Gasteiger partial charge is 0.306 e. The third kappa shape index (κ3) is 41.3. The van der Waals surface area contributed by atoms with Crippen LogP contribution in [0.3, 0.4) is 0 Å². The van der Waals surface area contributed by atoms with Gasteiger partial charge in [0.1, 0.15) is 13.2 Å². The molecule has 0 aromatic rings. The Morgan fingerprint density at radius 2 is 0.800 bits per heavy atom. The van der Waals surface area contributed by atoms with Crippen molar-refractivity contribution in [3.05, 3.63) is 97.2 Å². The molecule has 0 saturated carbocycles. The van der Waals surface area contributed by atoms with Gasteiger partial charge in [-0.1, -0.05) is 157 Å². The van der Waals surface area contributed by atoms with Gasteiger partial charge in [0.2, 0.25) is 0 Å². The van der Waals surface area contributed by atoms with Gasteiger partial charge in [-0.3, -0.25) is 14.4 Å². The fourth-order valence-electron chi connectivity index (χ4n) is 5.40. The fraction of sp³-hybridized carbons (Fsp3) is 0.612. The van der Waals surface area contributed by atoms with Gasteiger partial charge in [-0.05, 0) is 96.3 Å². The Bertz CT molecular complexity index is 1150. The molecular weight excluding hydrogens is 685 g/mol. The molecule has 0 bridgehead atoms. The van der Waals surface area contributed by atoms with Crippen molar-refractivity contribution in [3.8, 4) is 0 Å². The van der Waals surface area contributed by atoms with Gasteiger partial charge in [0, 0.05) is 19.3 Å². The number of esters is 3. The lowest BCUT2D eigenvalue weighted by atomic mass is 10.1. The van der Waals surface area contributed by atoms with E-state index >= 15 is 0 Å². The molecule has 0 rings (SSSR count). The van der Waals surface area contributed by atoms with Crippen molar-refractivity contribution in [3.63, 3.8) is 0 Å². The van der Waals surface area contributed by atoms with Crippen molar-refractivity contribution in [2.45, 2.75) is 181 Å². The summed E-state index contributed by atoms with van der Waals surface area (Å²) in [5.41, 5.74) is 0. The highest BCUT2D eigenvalue weighted by atomic mass is 16.6. The van der Waals surface area contributed by atoms with E-state index < -0.39 is 6.10 Å². The highest BCUT2D eigenvalue weighted by Crippen LogP contribution is 2.11. The predicted molar refractivity (Wildman–Crippen MR) is 233 cm³/mol. The first-order valence-electron chi connectivity index (χ1n) is 21.8. The van der Waals surface area contributed by atoms with Crippen molar-refractivity contribution in [2.75, 3.05) is 13.2 Å². The summed E-state index contributed by atoms with van der Waals surface area (Å²) in [7, 11) is 0. The molecule has 0 spiro atoms. The zero-order chi connectivity index (χ0) is 40.1. The van der Waals surface area contributed by atoms with Crippen LogP contribution in [-0.4, -0.2) is 37.2 Å². The average Bonchev–Trinajstić information content (AvgIpc) is 3.18. The molecule has 55 heavy (non-hydrogen) atoms. The summed E-state index contributed by atoms with van der Waals surface area (Å²) < 4.78 is 16.6. The Hall–Kier alpha value is -3.67. The van der Waals surface area contributed by atoms with Crippen LogP contribution < -0.4 is 0 Å². The van der Waals surface area contributed by atoms with E-state index in [1.807, 2.05) is 36.5 Å². The quantitative estimate of drug-likeness (QED) is 0.0206. The van der Waals surface area contributed by atoms with Crippen LogP contribution in [0.1, 0.15) is 175 Å². The van der Waals surface area contributed by atoms with Crippen LogP contribution in [0.15, 0.2) is 97.2 Å². The number of hydrogen-bond donors (Lipinski definition) is 0. The van der Waals surface area contributed by atoms with Gasteiger partial charge in [-0.15, -0.1) is 0 Å². The topological polar surface area (TPSA) is 78.9 Å². The molecule has 0 aliphatic rings. The maximum atomic E-state index is 12.7. The SMILES string of the molecule is CC\C=C/C=C\C=C/C=C\CCCCCC(=O)OCC(COC(=O)CCCCCCC/C=C\CCCCC)OC(=O)CCCC/C=C\C/C=C\C/C=C\CC. The van der Waals surface area contributed by atoms with Crippen LogP contribution in [0.2, 0.25) is 0 Å². The second-order valence-corrected chi connectivity index (χ2v) is 13.9. The van der Waals surface area contributed by atoms with Gasteiger partial charge < -0.3 is 14.2 Å².